The lowest BCUT2D eigenvalue weighted by Gasteiger charge is -2.17. The van der Waals surface area contributed by atoms with E-state index in [4.69, 9.17) is 10.5 Å². The second-order valence-corrected chi connectivity index (χ2v) is 7.37. The molecule has 2 atom stereocenters. The largest absolute Gasteiger partial charge is 0.493 e. The van der Waals surface area contributed by atoms with Gasteiger partial charge in [-0.25, -0.2) is 0 Å². The highest BCUT2D eigenvalue weighted by Gasteiger charge is 2.31. The Labute approximate surface area is 154 Å². The predicted octanol–water partition coefficient (Wildman–Crippen LogP) is 3.28. The number of fused-ring (bicyclic) bond motifs is 1. The van der Waals surface area contributed by atoms with Crippen LogP contribution in [0.2, 0.25) is 0 Å². The fourth-order valence-corrected chi connectivity index (χ4v) is 4.17. The summed E-state index contributed by atoms with van der Waals surface area (Å²) in [4.78, 5) is 12.4. The smallest absolute Gasteiger partial charge is 0.223 e. The van der Waals surface area contributed by atoms with E-state index in [2.05, 4.69) is 47.8 Å². The monoisotopic (exact) mass is 350 g/mol. The molecule has 136 valence electrons. The molecule has 1 amide bonds. The Balaban J connectivity index is 1.38. The van der Waals surface area contributed by atoms with Gasteiger partial charge in [-0.3, -0.25) is 4.79 Å². The maximum Gasteiger partial charge on any atom is 0.223 e. The molecule has 26 heavy (non-hydrogen) atoms. The summed E-state index contributed by atoms with van der Waals surface area (Å²) in [5.74, 6) is 1.60. The quantitative estimate of drug-likeness (QED) is 0.870. The average Bonchev–Trinajstić information content (AvgIpc) is 3.34. The third-order valence-corrected chi connectivity index (χ3v) is 5.74. The molecule has 4 nitrogen and oxygen atoms in total. The molecule has 0 bridgehead atoms. The highest BCUT2D eigenvalue weighted by molar-refractivity contribution is 5.79. The average molecular weight is 350 g/mol. The first-order valence-electron chi connectivity index (χ1n) is 9.57. The van der Waals surface area contributed by atoms with E-state index in [1.165, 1.54) is 16.7 Å². The van der Waals surface area contributed by atoms with Gasteiger partial charge in [-0.05, 0) is 59.7 Å². The van der Waals surface area contributed by atoms with Crippen molar-refractivity contribution >= 4 is 5.91 Å². The molecule has 2 aliphatic rings. The minimum Gasteiger partial charge on any atom is -0.493 e. The molecular weight excluding hydrogens is 324 g/mol. The summed E-state index contributed by atoms with van der Waals surface area (Å²) < 4.78 is 5.57. The Kier molecular flexibility index (Phi) is 4.93. The van der Waals surface area contributed by atoms with Crippen molar-refractivity contribution in [3.05, 3.63) is 53.6 Å². The fraction of sp³-hybridized carbons (Fsp3) is 0.409. The van der Waals surface area contributed by atoms with E-state index in [1.807, 2.05) is 0 Å². The van der Waals surface area contributed by atoms with E-state index in [0.717, 1.165) is 43.6 Å². The minimum atomic E-state index is 0.0907. The van der Waals surface area contributed by atoms with Crippen LogP contribution in [0.15, 0.2) is 42.5 Å². The molecule has 0 spiro atoms. The molecular formula is C22H26N2O2. The van der Waals surface area contributed by atoms with Crippen LogP contribution in [-0.2, 0) is 17.8 Å². The van der Waals surface area contributed by atoms with Crippen molar-refractivity contribution in [1.29, 1.82) is 0 Å². The van der Waals surface area contributed by atoms with Crippen LogP contribution in [0.25, 0.3) is 11.1 Å². The third-order valence-electron chi connectivity index (χ3n) is 5.74. The van der Waals surface area contributed by atoms with E-state index in [0.29, 0.717) is 19.0 Å². The maximum absolute atomic E-state index is 12.4. The van der Waals surface area contributed by atoms with Crippen LogP contribution in [0, 0.1) is 11.8 Å². The van der Waals surface area contributed by atoms with Gasteiger partial charge in [0, 0.05) is 18.9 Å². The van der Waals surface area contributed by atoms with Gasteiger partial charge < -0.3 is 15.8 Å². The number of hydrogen-bond donors (Lipinski definition) is 2. The van der Waals surface area contributed by atoms with E-state index in [-0.39, 0.29) is 11.8 Å². The number of carbonyl (C=O) groups excluding carboxylic acids is 1. The minimum absolute atomic E-state index is 0.0907. The van der Waals surface area contributed by atoms with Crippen LogP contribution in [0.1, 0.15) is 30.4 Å². The Morgan fingerprint density at radius 2 is 1.92 bits per heavy atom. The van der Waals surface area contributed by atoms with Gasteiger partial charge in [-0.1, -0.05) is 36.8 Å². The third kappa shape index (κ3) is 3.47. The zero-order valence-corrected chi connectivity index (χ0v) is 15.0. The summed E-state index contributed by atoms with van der Waals surface area (Å²) in [6, 6.07) is 14.8. The first-order chi connectivity index (χ1) is 12.7. The molecule has 1 aliphatic carbocycles. The van der Waals surface area contributed by atoms with Crippen LogP contribution in [-0.4, -0.2) is 19.1 Å². The van der Waals surface area contributed by atoms with E-state index < -0.39 is 0 Å². The second kappa shape index (κ2) is 7.50. The molecule has 1 aliphatic heterocycles. The van der Waals surface area contributed by atoms with Gasteiger partial charge in [0.2, 0.25) is 5.91 Å². The molecule has 1 fully saturated rings. The van der Waals surface area contributed by atoms with E-state index >= 15 is 0 Å². The summed E-state index contributed by atoms with van der Waals surface area (Å²) in [6.07, 6.45) is 4.14. The van der Waals surface area contributed by atoms with Gasteiger partial charge >= 0.3 is 0 Å². The van der Waals surface area contributed by atoms with Crippen LogP contribution in [0.5, 0.6) is 5.75 Å². The first kappa shape index (κ1) is 17.1. The van der Waals surface area contributed by atoms with Crippen LogP contribution >= 0.6 is 0 Å². The van der Waals surface area contributed by atoms with Crippen molar-refractivity contribution in [3.63, 3.8) is 0 Å². The lowest BCUT2D eigenvalue weighted by atomic mass is 9.95. The zero-order valence-electron chi connectivity index (χ0n) is 15.0. The highest BCUT2D eigenvalue weighted by atomic mass is 16.5. The zero-order chi connectivity index (χ0) is 17.9. The van der Waals surface area contributed by atoms with Crippen LogP contribution in [0.3, 0.4) is 0 Å². The lowest BCUT2D eigenvalue weighted by Crippen LogP contribution is -2.34. The molecule has 3 N–H and O–H groups in total. The van der Waals surface area contributed by atoms with Crippen molar-refractivity contribution in [2.75, 3.05) is 13.2 Å². The number of carbonyl (C=O) groups is 1. The Morgan fingerprint density at radius 1 is 1.12 bits per heavy atom. The Morgan fingerprint density at radius 3 is 2.73 bits per heavy atom. The summed E-state index contributed by atoms with van der Waals surface area (Å²) in [7, 11) is 0. The summed E-state index contributed by atoms with van der Waals surface area (Å²) >= 11 is 0. The molecule has 4 rings (SSSR count). The predicted molar refractivity (Wildman–Crippen MR) is 103 cm³/mol. The van der Waals surface area contributed by atoms with Gasteiger partial charge in [0.15, 0.2) is 0 Å². The first-order valence-corrected chi connectivity index (χ1v) is 9.57. The number of rotatable bonds is 5. The number of ether oxygens (including phenoxy) is 1. The molecule has 1 saturated carbocycles. The van der Waals surface area contributed by atoms with Crippen molar-refractivity contribution in [1.82, 2.24) is 5.32 Å². The van der Waals surface area contributed by atoms with Gasteiger partial charge in [0.05, 0.1) is 6.61 Å². The molecule has 0 radical (unpaired) electrons. The molecule has 0 saturated heterocycles. The molecule has 2 aromatic rings. The fourth-order valence-electron chi connectivity index (χ4n) is 4.17. The Bertz CT molecular complexity index is 785. The maximum atomic E-state index is 12.4. The highest BCUT2D eigenvalue weighted by Crippen LogP contribution is 2.32. The molecule has 0 unspecified atom stereocenters. The summed E-state index contributed by atoms with van der Waals surface area (Å²) in [5, 5.41) is 3.09. The number of amides is 1. The van der Waals surface area contributed by atoms with Crippen LogP contribution < -0.4 is 15.8 Å². The van der Waals surface area contributed by atoms with Crippen molar-refractivity contribution < 1.29 is 9.53 Å². The Hall–Kier alpha value is -2.33. The van der Waals surface area contributed by atoms with E-state index in [9.17, 15) is 4.79 Å². The van der Waals surface area contributed by atoms with Crippen molar-refractivity contribution in [2.24, 2.45) is 17.6 Å². The topological polar surface area (TPSA) is 64.4 Å². The van der Waals surface area contributed by atoms with Crippen molar-refractivity contribution in [2.45, 2.75) is 32.2 Å². The van der Waals surface area contributed by atoms with Gasteiger partial charge in [0.25, 0.3) is 0 Å². The molecule has 0 aromatic heterocycles. The SMILES string of the molecule is NC[C@H]1CCC[C@H]1C(=O)NCc1ccc(-c2ccc3c(c2)CCO3)cc1. The summed E-state index contributed by atoms with van der Waals surface area (Å²) in [6.45, 7) is 1.97. The van der Waals surface area contributed by atoms with Crippen LogP contribution in [0.4, 0.5) is 0 Å². The molecule has 1 heterocycles. The summed E-state index contributed by atoms with van der Waals surface area (Å²) in [5.41, 5.74) is 10.6. The molecule has 4 heteroatoms. The van der Waals surface area contributed by atoms with Gasteiger partial charge in [-0.15, -0.1) is 0 Å². The normalized spacial score (nSPS) is 21.3. The van der Waals surface area contributed by atoms with Gasteiger partial charge in [0.1, 0.15) is 5.75 Å². The number of nitrogens with one attached hydrogen (secondary N) is 1. The molecule has 2 aromatic carbocycles. The number of hydrogen-bond acceptors (Lipinski definition) is 3. The standard InChI is InChI=1S/C22H26N2O2/c23-13-19-2-1-3-20(19)22(25)24-14-15-4-6-16(7-5-15)17-8-9-21-18(12-17)10-11-26-21/h4-9,12,19-20H,1-3,10-11,13-14,23H2,(H,24,25)/t19-,20-/m1/s1. The number of nitrogens with two attached hydrogens (primary N) is 1. The number of benzene rings is 2. The van der Waals surface area contributed by atoms with Gasteiger partial charge in [-0.2, -0.15) is 0 Å². The second-order valence-electron chi connectivity index (χ2n) is 7.37. The van der Waals surface area contributed by atoms with Crippen molar-refractivity contribution in [3.8, 4) is 16.9 Å². The lowest BCUT2D eigenvalue weighted by molar-refractivity contribution is -0.126. The van der Waals surface area contributed by atoms with E-state index in [1.54, 1.807) is 0 Å².